The maximum atomic E-state index is 8.62. The predicted octanol–water partition coefficient (Wildman–Crippen LogP) is -0.304. The molecule has 0 aromatic rings. The molecule has 1 atom stereocenters. The van der Waals surface area contributed by atoms with Gasteiger partial charge in [0.25, 0.3) is 0 Å². The maximum Gasteiger partial charge on any atom is 0.0556 e. The van der Waals surface area contributed by atoms with Gasteiger partial charge in [-0.05, 0) is 25.7 Å². The van der Waals surface area contributed by atoms with E-state index in [2.05, 4.69) is 12.2 Å². The monoisotopic (exact) mass is 158 g/mol. The summed E-state index contributed by atoms with van der Waals surface area (Å²) in [6.45, 7) is 3.66. The largest absolute Gasteiger partial charge is 0.395 e. The fourth-order valence-electron chi connectivity index (χ4n) is 1.45. The molecule has 0 spiro atoms. The van der Waals surface area contributed by atoms with Crippen molar-refractivity contribution in [3.05, 3.63) is 0 Å². The molecule has 3 nitrogen and oxygen atoms in total. The van der Waals surface area contributed by atoms with Crippen LogP contribution in [0.5, 0.6) is 0 Å². The Morgan fingerprint density at radius 1 is 1.64 bits per heavy atom. The summed E-state index contributed by atoms with van der Waals surface area (Å²) in [5.74, 6) is 0.735. The zero-order chi connectivity index (χ0) is 8.32. The number of β-amino-alcohol motifs (C(OH)–C–C–N with tert-alkyl or cyclic N) is 1. The van der Waals surface area contributed by atoms with Crippen molar-refractivity contribution in [2.24, 2.45) is 11.7 Å². The van der Waals surface area contributed by atoms with Gasteiger partial charge in [-0.15, -0.1) is 0 Å². The van der Waals surface area contributed by atoms with Crippen LogP contribution in [0.4, 0.5) is 0 Å². The van der Waals surface area contributed by atoms with Gasteiger partial charge < -0.3 is 16.2 Å². The number of aliphatic hydroxyl groups excluding tert-OH is 1. The molecule has 11 heavy (non-hydrogen) atoms. The highest BCUT2D eigenvalue weighted by molar-refractivity contribution is 4.98. The number of aliphatic hydroxyl groups is 1. The van der Waals surface area contributed by atoms with Crippen LogP contribution in [0.2, 0.25) is 0 Å². The summed E-state index contributed by atoms with van der Waals surface area (Å²) in [7, 11) is 0. The van der Waals surface area contributed by atoms with Crippen molar-refractivity contribution in [2.45, 2.75) is 25.3 Å². The lowest BCUT2D eigenvalue weighted by molar-refractivity contribution is 0.247. The third-order valence-electron chi connectivity index (χ3n) is 2.54. The Labute approximate surface area is 68.0 Å². The Kier molecular flexibility index (Phi) is 2.87. The predicted molar refractivity (Wildman–Crippen MR) is 45.3 cm³/mol. The molecule has 1 unspecified atom stereocenters. The molecule has 0 radical (unpaired) electrons. The lowest BCUT2D eigenvalue weighted by Gasteiger charge is -2.29. The number of nitrogens with one attached hydrogen (secondary N) is 1. The lowest BCUT2D eigenvalue weighted by Crippen LogP contribution is -2.51. The van der Waals surface area contributed by atoms with Crippen LogP contribution in [0.1, 0.15) is 19.8 Å². The number of hydrogen-bond donors (Lipinski definition) is 3. The summed E-state index contributed by atoms with van der Waals surface area (Å²) in [5.41, 5.74) is 5.72. The number of rotatable bonds is 5. The van der Waals surface area contributed by atoms with E-state index in [-0.39, 0.29) is 12.1 Å². The molecular formula is C8H18N2O. The van der Waals surface area contributed by atoms with E-state index in [0.29, 0.717) is 13.1 Å². The van der Waals surface area contributed by atoms with Gasteiger partial charge in [-0.2, -0.15) is 0 Å². The minimum absolute atomic E-state index is 0.0722. The molecule has 1 rings (SSSR count). The number of nitrogens with two attached hydrogens (primary N) is 1. The van der Waals surface area contributed by atoms with Crippen molar-refractivity contribution in [3.63, 3.8) is 0 Å². The number of hydrogen-bond acceptors (Lipinski definition) is 3. The Balaban J connectivity index is 2.31. The molecule has 66 valence electrons. The standard InChI is InChI=1S/C8H18N2O/c1-8(6-9,7-2-3-7)10-4-5-11/h7,10-11H,2-6,9H2,1H3. The molecule has 0 aromatic carbocycles. The van der Waals surface area contributed by atoms with E-state index in [0.717, 1.165) is 5.92 Å². The minimum Gasteiger partial charge on any atom is -0.395 e. The molecule has 0 saturated heterocycles. The molecule has 1 aliphatic carbocycles. The van der Waals surface area contributed by atoms with Crippen molar-refractivity contribution in [2.75, 3.05) is 19.7 Å². The SMILES string of the molecule is CC(CN)(NCCO)C1CC1. The first-order chi connectivity index (χ1) is 5.23. The maximum absolute atomic E-state index is 8.62. The van der Waals surface area contributed by atoms with Crippen molar-refractivity contribution in [1.82, 2.24) is 5.32 Å². The highest BCUT2D eigenvalue weighted by Gasteiger charge is 2.39. The Bertz CT molecular complexity index is 125. The normalized spacial score (nSPS) is 23.2. The van der Waals surface area contributed by atoms with Gasteiger partial charge in [0, 0.05) is 18.6 Å². The van der Waals surface area contributed by atoms with Gasteiger partial charge >= 0.3 is 0 Å². The molecule has 1 saturated carbocycles. The van der Waals surface area contributed by atoms with Crippen LogP contribution in [0.25, 0.3) is 0 Å². The highest BCUT2D eigenvalue weighted by Crippen LogP contribution is 2.38. The van der Waals surface area contributed by atoms with E-state index in [1.807, 2.05) is 0 Å². The van der Waals surface area contributed by atoms with E-state index >= 15 is 0 Å². The summed E-state index contributed by atoms with van der Waals surface area (Å²) < 4.78 is 0. The molecule has 1 aliphatic rings. The molecule has 0 amide bonds. The molecule has 0 bridgehead atoms. The molecular weight excluding hydrogens is 140 g/mol. The van der Waals surface area contributed by atoms with Crippen molar-refractivity contribution >= 4 is 0 Å². The van der Waals surface area contributed by atoms with Gasteiger partial charge in [-0.1, -0.05) is 0 Å². The highest BCUT2D eigenvalue weighted by atomic mass is 16.3. The molecule has 1 fully saturated rings. The Morgan fingerprint density at radius 3 is 2.64 bits per heavy atom. The molecule has 4 N–H and O–H groups in total. The zero-order valence-corrected chi connectivity index (χ0v) is 7.14. The summed E-state index contributed by atoms with van der Waals surface area (Å²) in [6, 6.07) is 0. The fraction of sp³-hybridized carbons (Fsp3) is 1.00. The zero-order valence-electron chi connectivity index (χ0n) is 7.14. The summed E-state index contributed by atoms with van der Waals surface area (Å²) >= 11 is 0. The first-order valence-corrected chi connectivity index (χ1v) is 4.29. The van der Waals surface area contributed by atoms with Gasteiger partial charge in [0.1, 0.15) is 0 Å². The van der Waals surface area contributed by atoms with Crippen LogP contribution in [0.3, 0.4) is 0 Å². The van der Waals surface area contributed by atoms with Crippen LogP contribution in [0.15, 0.2) is 0 Å². The van der Waals surface area contributed by atoms with Crippen molar-refractivity contribution in [3.8, 4) is 0 Å². The second-order valence-electron chi connectivity index (χ2n) is 3.55. The van der Waals surface area contributed by atoms with E-state index in [4.69, 9.17) is 10.8 Å². The fourth-order valence-corrected chi connectivity index (χ4v) is 1.45. The van der Waals surface area contributed by atoms with Gasteiger partial charge in [0.05, 0.1) is 6.61 Å². The average molecular weight is 158 g/mol. The van der Waals surface area contributed by atoms with Gasteiger partial charge in [-0.3, -0.25) is 0 Å². The van der Waals surface area contributed by atoms with E-state index in [1.54, 1.807) is 0 Å². The first-order valence-electron chi connectivity index (χ1n) is 4.29. The van der Waals surface area contributed by atoms with Gasteiger partial charge in [-0.25, -0.2) is 0 Å². The van der Waals surface area contributed by atoms with E-state index in [9.17, 15) is 0 Å². The van der Waals surface area contributed by atoms with Crippen LogP contribution >= 0.6 is 0 Å². The third kappa shape index (κ3) is 2.15. The molecule has 3 heteroatoms. The second-order valence-corrected chi connectivity index (χ2v) is 3.55. The van der Waals surface area contributed by atoms with Gasteiger partial charge in [0.15, 0.2) is 0 Å². The smallest absolute Gasteiger partial charge is 0.0556 e. The van der Waals surface area contributed by atoms with Crippen LogP contribution in [-0.4, -0.2) is 30.3 Å². The molecule has 0 aliphatic heterocycles. The van der Waals surface area contributed by atoms with Crippen molar-refractivity contribution in [1.29, 1.82) is 0 Å². The summed E-state index contributed by atoms with van der Waals surface area (Å²) in [4.78, 5) is 0. The Hall–Kier alpha value is -0.120. The molecule has 0 aromatic heterocycles. The molecule has 0 heterocycles. The lowest BCUT2D eigenvalue weighted by atomic mass is 9.96. The summed E-state index contributed by atoms with van der Waals surface area (Å²) in [6.07, 6.45) is 2.57. The van der Waals surface area contributed by atoms with E-state index in [1.165, 1.54) is 12.8 Å². The van der Waals surface area contributed by atoms with Crippen molar-refractivity contribution < 1.29 is 5.11 Å². The first kappa shape index (κ1) is 8.97. The third-order valence-corrected chi connectivity index (χ3v) is 2.54. The van der Waals surface area contributed by atoms with Crippen LogP contribution in [0, 0.1) is 5.92 Å². The Morgan fingerprint density at radius 2 is 2.27 bits per heavy atom. The van der Waals surface area contributed by atoms with Crippen LogP contribution in [-0.2, 0) is 0 Å². The quantitative estimate of drug-likeness (QED) is 0.514. The second kappa shape index (κ2) is 3.52. The van der Waals surface area contributed by atoms with Gasteiger partial charge in [0.2, 0.25) is 0 Å². The minimum atomic E-state index is 0.0722. The van der Waals surface area contributed by atoms with E-state index < -0.39 is 0 Å². The average Bonchev–Trinajstić information content (AvgIpc) is 2.82. The topological polar surface area (TPSA) is 58.3 Å². The van der Waals surface area contributed by atoms with Crippen LogP contribution < -0.4 is 11.1 Å². The summed E-state index contributed by atoms with van der Waals surface area (Å²) in [5, 5.41) is 11.9.